The molecule has 2 aromatic rings. The Morgan fingerprint density at radius 2 is 2.14 bits per heavy atom. The highest BCUT2D eigenvalue weighted by atomic mass is 19.1. The third-order valence-electron chi connectivity index (χ3n) is 5.49. The molecule has 4 rings (SSSR count). The number of fused-ring (bicyclic) bond motifs is 1. The number of rotatable bonds is 3. The average Bonchev–Trinajstić information content (AvgIpc) is 3.25. The van der Waals surface area contributed by atoms with Crippen molar-refractivity contribution in [3.05, 3.63) is 47.3 Å². The first-order valence-corrected chi connectivity index (χ1v) is 9.43. The molecule has 3 amide bonds. The van der Waals surface area contributed by atoms with E-state index in [1.807, 2.05) is 18.4 Å². The lowest BCUT2D eigenvalue weighted by Crippen LogP contribution is -2.47. The number of carbonyl (C=O) groups excluding carboxylic acids is 2. The molecule has 1 aromatic carbocycles. The number of urea groups is 1. The van der Waals surface area contributed by atoms with E-state index in [1.165, 1.54) is 12.1 Å². The van der Waals surface area contributed by atoms with Gasteiger partial charge in [-0.05, 0) is 44.9 Å². The lowest BCUT2D eigenvalue weighted by Gasteiger charge is -2.34. The van der Waals surface area contributed by atoms with E-state index in [-0.39, 0.29) is 35.6 Å². The molecule has 0 bridgehead atoms. The van der Waals surface area contributed by atoms with Gasteiger partial charge in [0.2, 0.25) is 0 Å². The number of hydrogen-bond acceptors (Lipinski definition) is 4. The van der Waals surface area contributed by atoms with Crippen molar-refractivity contribution in [3.8, 4) is 6.07 Å². The highest BCUT2D eigenvalue weighted by molar-refractivity contribution is 5.95. The van der Waals surface area contributed by atoms with Crippen LogP contribution in [0.2, 0.25) is 0 Å². The predicted molar refractivity (Wildman–Crippen MR) is 102 cm³/mol. The number of nitrogens with one attached hydrogen (secondary N) is 2. The van der Waals surface area contributed by atoms with E-state index in [2.05, 4.69) is 15.6 Å². The minimum atomic E-state index is -0.638. The molecule has 0 unspecified atom stereocenters. The maximum Gasteiger partial charge on any atom is 0.322 e. The van der Waals surface area contributed by atoms with Gasteiger partial charge in [0.05, 0.1) is 24.1 Å². The molecule has 0 radical (unpaired) electrons. The summed E-state index contributed by atoms with van der Waals surface area (Å²) >= 11 is 0. The summed E-state index contributed by atoms with van der Waals surface area (Å²) in [5.41, 5.74) is 1.04. The lowest BCUT2D eigenvalue weighted by atomic mass is 10.1. The van der Waals surface area contributed by atoms with Crippen LogP contribution in [0.1, 0.15) is 48.4 Å². The molecular formula is C20H21FN6O2. The van der Waals surface area contributed by atoms with Crippen LogP contribution >= 0.6 is 0 Å². The molecule has 8 nitrogen and oxygen atoms in total. The number of imidazole rings is 1. The van der Waals surface area contributed by atoms with Gasteiger partial charge in [0.25, 0.3) is 5.91 Å². The predicted octanol–water partition coefficient (Wildman–Crippen LogP) is 2.61. The highest BCUT2D eigenvalue weighted by Gasteiger charge is 2.40. The number of nitrogens with zero attached hydrogens (tertiary/aromatic N) is 4. The SMILES string of the molecule is C[C@H]1Cn2cnc(C(=O)NC3(C)CC3)c2CN1C(=O)Nc1ccc(F)c(C#N)c1. The van der Waals surface area contributed by atoms with Crippen molar-refractivity contribution in [1.82, 2.24) is 19.8 Å². The summed E-state index contributed by atoms with van der Waals surface area (Å²) in [6, 6.07) is 5.07. The summed E-state index contributed by atoms with van der Waals surface area (Å²) in [5, 5.41) is 14.7. The van der Waals surface area contributed by atoms with Crippen LogP contribution in [0.5, 0.6) is 0 Å². The molecular weight excluding hydrogens is 375 g/mol. The minimum absolute atomic E-state index is 0.135. The second kappa shape index (κ2) is 6.88. The van der Waals surface area contributed by atoms with Gasteiger partial charge < -0.3 is 20.1 Å². The zero-order valence-electron chi connectivity index (χ0n) is 16.2. The molecule has 2 aliphatic rings. The topological polar surface area (TPSA) is 103 Å². The normalized spacial score (nSPS) is 19.1. The van der Waals surface area contributed by atoms with Gasteiger partial charge in [0.1, 0.15) is 11.9 Å². The van der Waals surface area contributed by atoms with Gasteiger partial charge in [-0.2, -0.15) is 5.26 Å². The second-order valence-corrected chi connectivity index (χ2v) is 7.92. The zero-order chi connectivity index (χ0) is 20.8. The first-order chi connectivity index (χ1) is 13.8. The van der Waals surface area contributed by atoms with Gasteiger partial charge in [-0.3, -0.25) is 4.79 Å². The summed E-state index contributed by atoms with van der Waals surface area (Å²) in [4.78, 5) is 31.3. The Bertz CT molecular complexity index is 1040. The molecule has 2 N–H and O–H groups in total. The quantitative estimate of drug-likeness (QED) is 0.832. The van der Waals surface area contributed by atoms with Crippen LogP contribution < -0.4 is 10.6 Å². The summed E-state index contributed by atoms with van der Waals surface area (Å²) in [7, 11) is 0. The average molecular weight is 396 g/mol. The van der Waals surface area contributed by atoms with Crippen molar-refractivity contribution in [2.24, 2.45) is 0 Å². The van der Waals surface area contributed by atoms with Gasteiger partial charge in [0.15, 0.2) is 5.69 Å². The fourth-order valence-corrected chi connectivity index (χ4v) is 3.42. The summed E-state index contributed by atoms with van der Waals surface area (Å²) in [6.45, 7) is 4.62. The first kappa shape index (κ1) is 18.9. The summed E-state index contributed by atoms with van der Waals surface area (Å²) in [6.07, 6.45) is 3.52. The van der Waals surface area contributed by atoms with Crippen molar-refractivity contribution in [2.75, 3.05) is 5.32 Å². The van der Waals surface area contributed by atoms with Crippen LogP contribution in [0, 0.1) is 17.1 Å². The summed E-state index contributed by atoms with van der Waals surface area (Å²) in [5.74, 6) is -0.869. The van der Waals surface area contributed by atoms with Gasteiger partial charge in [0, 0.05) is 23.8 Å². The van der Waals surface area contributed by atoms with Gasteiger partial charge >= 0.3 is 6.03 Å². The Hall–Kier alpha value is -3.41. The van der Waals surface area contributed by atoms with E-state index in [0.29, 0.717) is 23.6 Å². The van der Waals surface area contributed by atoms with Crippen molar-refractivity contribution in [3.63, 3.8) is 0 Å². The maximum absolute atomic E-state index is 13.5. The Balaban J connectivity index is 1.52. The smallest absolute Gasteiger partial charge is 0.322 e. The van der Waals surface area contributed by atoms with E-state index in [9.17, 15) is 14.0 Å². The number of amides is 3. The summed E-state index contributed by atoms with van der Waals surface area (Å²) < 4.78 is 15.4. The van der Waals surface area contributed by atoms with Crippen molar-refractivity contribution in [1.29, 1.82) is 5.26 Å². The Morgan fingerprint density at radius 1 is 1.38 bits per heavy atom. The number of nitriles is 1. The van der Waals surface area contributed by atoms with Crippen molar-refractivity contribution < 1.29 is 14.0 Å². The van der Waals surface area contributed by atoms with Crippen LogP contribution in [0.25, 0.3) is 0 Å². The molecule has 1 aliphatic carbocycles. The standard InChI is InChI=1S/C20H21FN6O2/c1-12-9-26-11-23-17(18(28)25-20(2)5-6-20)16(26)10-27(12)19(29)24-14-3-4-15(21)13(7-14)8-22/h3-4,7,11-12H,5-6,9-10H2,1-2H3,(H,24,29)(H,25,28)/t12-/m0/s1. The Labute approximate surface area is 167 Å². The van der Waals surface area contributed by atoms with Crippen LogP contribution in [-0.4, -0.2) is 38.0 Å². The molecule has 1 aliphatic heterocycles. The molecule has 29 heavy (non-hydrogen) atoms. The van der Waals surface area contributed by atoms with Gasteiger partial charge in [-0.15, -0.1) is 0 Å². The molecule has 1 fully saturated rings. The van der Waals surface area contributed by atoms with E-state index in [0.717, 1.165) is 18.9 Å². The third kappa shape index (κ3) is 3.66. The minimum Gasteiger partial charge on any atom is -0.345 e. The van der Waals surface area contributed by atoms with E-state index < -0.39 is 5.82 Å². The Morgan fingerprint density at radius 3 is 2.83 bits per heavy atom. The number of benzene rings is 1. The lowest BCUT2D eigenvalue weighted by molar-refractivity contribution is 0.0925. The molecule has 1 saturated carbocycles. The fourth-order valence-electron chi connectivity index (χ4n) is 3.42. The van der Waals surface area contributed by atoms with E-state index >= 15 is 0 Å². The molecule has 2 heterocycles. The number of hydrogen-bond donors (Lipinski definition) is 2. The monoisotopic (exact) mass is 396 g/mol. The van der Waals surface area contributed by atoms with Crippen molar-refractivity contribution >= 4 is 17.6 Å². The van der Waals surface area contributed by atoms with E-state index in [1.54, 1.807) is 17.3 Å². The Kier molecular flexibility index (Phi) is 4.49. The zero-order valence-corrected chi connectivity index (χ0v) is 16.2. The van der Waals surface area contributed by atoms with Crippen LogP contribution in [0.4, 0.5) is 14.9 Å². The van der Waals surface area contributed by atoms with Crippen LogP contribution in [-0.2, 0) is 13.1 Å². The number of halogens is 1. The fraction of sp³-hybridized carbons (Fsp3) is 0.400. The van der Waals surface area contributed by atoms with Crippen LogP contribution in [0.3, 0.4) is 0 Å². The number of carbonyl (C=O) groups is 2. The highest BCUT2D eigenvalue weighted by Crippen LogP contribution is 2.34. The first-order valence-electron chi connectivity index (χ1n) is 9.43. The number of aromatic nitrogens is 2. The molecule has 1 atom stereocenters. The van der Waals surface area contributed by atoms with Gasteiger partial charge in [-0.25, -0.2) is 14.2 Å². The largest absolute Gasteiger partial charge is 0.345 e. The second-order valence-electron chi connectivity index (χ2n) is 7.92. The molecule has 0 spiro atoms. The third-order valence-corrected chi connectivity index (χ3v) is 5.49. The van der Waals surface area contributed by atoms with Crippen molar-refractivity contribution in [2.45, 2.75) is 51.4 Å². The maximum atomic E-state index is 13.5. The molecule has 0 saturated heterocycles. The van der Waals surface area contributed by atoms with Gasteiger partial charge in [-0.1, -0.05) is 0 Å². The van der Waals surface area contributed by atoms with Crippen LogP contribution in [0.15, 0.2) is 24.5 Å². The molecule has 150 valence electrons. The molecule has 9 heteroatoms. The molecule has 1 aromatic heterocycles. The van der Waals surface area contributed by atoms with E-state index in [4.69, 9.17) is 5.26 Å². The number of anilines is 1.